The maximum Gasteiger partial charge on any atom is 0.249 e. The highest BCUT2D eigenvalue weighted by molar-refractivity contribution is 14.1. The standard InChI is InChI=1S/C11H20INO2/c1-9-5-6-10(15-9)11(14)13-8-4-2-3-7-12/h9-10H,2-8H2,1H3,(H,13,14). The van der Waals surface area contributed by atoms with E-state index in [-0.39, 0.29) is 18.1 Å². The molecule has 0 aliphatic carbocycles. The number of hydrogen-bond acceptors (Lipinski definition) is 2. The summed E-state index contributed by atoms with van der Waals surface area (Å²) < 4.78 is 6.69. The predicted molar refractivity (Wildman–Crippen MR) is 69.3 cm³/mol. The smallest absolute Gasteiger partial charge is 0.249 e. The lowest BCUT2D eigenvalue weighted by atomic mass is 10.2. The van der Waals surface area contributed by atoms with Gasteiger partial charge in [0.05, 0.1) is 6.10 Å². The molecule has 1 N–H and O–H groups in total. The third-order valence-corrected chi connectivity index (χ3v) is 3.40. The van der Waals surface area contributed by atoms with Crippen LogP contribution < -0.4 is 5.32 Å². The molecular formula is C11H20INO2. The molecule has 4 heteroatoms. The number of carbonyl (C=O) groups is 1. The van der Waals surface area contributed by atoms with Crippen molar-refractivity contribution in [1.82, 2.24) is 5.32 Å². The van der Waals surface area contributed by atoms with Crippen LogP contribution in [0.25, 0.3) is 0 Å². The van der Waals surface area contributed by atoms with Gasteiger partial charge in [-0.25, -0.2) is 0 Å². The van der Waals surface area contributed by atoms with Crippen molar-refractivity contribution < 1.29 is 9.53 Å². The van der Waals surface area contributed by atoms with Crippen molar-refractivity contribution in [3.8, 4) is 0 Å². The van der Waals surface area contributed by atoms with E-state index in [1.807, 2.05) is 6.92 Å². The molecule has 3 nitrogen and oxygen atoms in total. The van der Waals surface area contributed by atoms with E-state index in [1.54, 1.807) is 0 Å². The maximum absolute atomic E-state index is 11.6. The second kappa shape index (κ2) is 7.44. The summed E-state index contributed by atoms with van der Waals surface area (Å²) in [5, 5.41) is 2.94. The molecule has 88 valence electrons. The fourth-order valence-corrected chi connectivity index (χ4v) is 2.26. The van der Waals surface area contributed by atoms with Gasteiger partial charge < -0.3 is 10.1 Å². The van der Waals surface area contributed by atoms with Gasteiger partial charge in [-0.15, -0.1) is 0 Å². The van der Waals surface area contributed by atoms with E-state index in [0.717, 1.165) is 25.8 Å². The highest BCUT2D eigenvalue weighted by Crippen LogP contribution is 2.18. The lowest BCUT2D eigenvalue weighted by molar-refractivity contribution is -0.131. The Balaban J connectivity index is 2.03. The second-order valence-electron chi connectivity index (χ2n) is 4.05. The van der Waals surface area contributed by atoms with E-state index in [9.17, 15) is 4.79 Å². The van der Waals surface area contributed by atoms with Crippen molar-refractivity contribution >= 4 is 28.5 Å². The summed E-state index contributed by atoms with van der Waals surface area (Å²) in [4.78, 5) is 11.6. The molecule has 0 bridgehead atoms. The van der Waals surface area contributed by atoms with Gasteiger partial charge in [0.1, 0.15) is 6.10 Å². The number of alkyl halides is 1. The minimum Gasteiger partial charge on any atom is -0.365 e. The summed E-state index contributed by atoms with van der Waals surface area (Å²) in [6.45, 7) is 2.82. The van der Waals surface area contributed by atoms with Crippen molar-refractivity contribution in [2.75, 3.05) is 11.0 Å². The van der Waals surface area contributed by atoms with Crippen molar-refractivity contribution in [1.29, 1.82) is 0 Å². The SMILES string of the molecule is CC1CCC(C(=O)NCCCCCI)O1. The Kier molecular flexibility index (Phi) is 6.56. The maximum atomic E-state index is 11.6. The van der Waals surface area contributed by atoms with Gasteiger partial charge in [0.25, 0.3) is 0 Å². The van der Waals surface area contributed by atoms with Gasteiger partial charge in [-0.3, -0.25) is 4.79 Å². The Morgan fingerprint density at radius 1 is 1.40 bits per heavy atom. The first kappa shape index (κ1) is 13.2. The number of carbonyl (C=O) groups excluding carboxylic acids is 1. The van der Waals surface area contributed by atoms with Gasteiger partial charge in [0.2, 0.25) is 5.91 Å². The van der Waals surface area contributed by atoms with E-state index in [1.165, 1.54) is 17.3 Å². The molecule has 1 aliphatic heterocycles. The summed E-state index contributed by atoms with van der Waals surface area (Å²) in [5.74, 6) is 0.0776. The summed E-state index contributed by atoms with van der Waals surface area (Å²) >= 11 is 2.38. The number of hydrogen-bond donors (Lipinski definition) is 1. The molecule has 15 heavy (non-hydrogen) atoms. The van der Waals surface area contributed by atoms with Crippen LogP contribution in [-0.4, -0.2) is 29.1 Å². The quantitative estimate of drug-likeness (QED) is 0.462. The van der Waals surface area contributed by atoms with Gasteiger partial charge in [-0.2, -0.15) is 0 Å². The largest absolute Gasteiger partial charge is 0.365 e. The van der Waals surface area contributed by atoms with Crippen molar-refractivity contribution in [2.45, 2.75) is 51.2 Å². The Labute approximate surface area is 105 Å². The van der Waals surface area contributed by atoms with Crippen LogP contribution in [0.2, 0.25) is 0 Å². The fourth-order valence-electron chi connectivity index (χ4n) is 1.72. The fraction of sp³-hybridized carbons (Fsp3) is 0.909. The predicted octanol–water partition coefficient (Wildman–Crippen LogP) is 2.28. The molecule has 1 aliphatic rings. The Hall–Kier alpha value is 0.160. The van der Waals surface area contributed by atoms with Gasteiger partial charge in [-0.05, 0) is 37.0 Å². The average Bonchev–Trinajstić information content (AvgIpc) is 2.64. The van der Waals surface area contributed by atoms with Gasteiger partial charge in [0.15, 0.2) is 0 Å². The van der Waals surface area contributed by atoms with Gasteiger partial charge >= 0.3 is 0 Å². The monoisotopic (exact) mass is 325 g/mol. The van der Waals surface area contributed by atoms with Crippen LogP contribution in [0.5, 0.6) is 0 Å². The Morgan fingerprint density at radius 3 is 2.80 bits per heavy atom. The third-order valence-electron chi connectivity index (χ3n) is 2.63. The molecule has 1 saturated heterocycles. The molecule has 0 saturated carbocycles. The number of rotatable bonds is 6. The van der Waals surface area contributed by atoms with E-state index in [0.29, 0.717) is 0 Å². The van der Waals surface area contributed by atoms with Crippen LogP contribution in [0.3, 0.4) is 0 Å². The molecular weight excluding hydrogens is 305 g/mol. The summed E-state index contributed by atoms with van der Waals surface area (Å²) in [5.41, 5.74) is 0. The zero-order valence-corrected chi connectivity index (χ0v) is 11.5. The van der Waals surface area contributed by atoms with E-state index < -0.39 is 0 Å². The first-order chi connectivity index (χ1) is 7.24. The number of ether oxygens (including phenoxy) is 1. The second-order valence-corrected chi connectivity index (χ2v) is 5.13. The highest BCUT2D eigenvalue weighted by atomic mass is 127. The number of amides is 1. The number of unbranched alkanes of at least 4 members (excludes halogenated alkanes) is 2. The summed E-state index contributed by atoms with van der Waals surface area (Å²) in [7, 11) is 0. The minimum absolute atomic E-state index is 0.0776. The van der Waals surface area contributed by atoms with E-state index in [4.69, 9.17) is 4.74 Å². The number of nitrogens with one attached hydrogen (secondary N) is 1. The first-order valence-corrected chi connectivity index (χ1v) is 7.25. The van der Waals surface area contributed by atoms with Crippen molar-refractivity contribution in [2.24, 2.45) is 0 Å². The van der Waals surface area contributed by atoms with Crippen LogP contribution >= 0.6 is 22.6 Å². The molecule has 1 amide bonds. The Bertz CT molecular complexity index is 199. The average molecular weight is 325 g/mol. The van der Waals surface area contributed by atoms with Crippen LogP contribution in [0.15, 0.2) is 0 Å². The summed E-state index contributed by atoms with van der Waals surface area (Å²) in [6, 6.07) is 0. The lowest BCUT2D eigenvalue weighted by Gasteiger charge is -2.11. The molecule has 0 aromatic heterocycles. The number of halogens is 1. The van der Waals surface area contributed by atoms with Crippen molar-refractivity contribution in [3.05, 3.63) is 0 Å². The molecule has 1 heterocycles. The molecule has 2 atom stereocenters. The zero-order valence-electron chi connectivity index (χ0n) is 9.30. The molecule has 0 aromatic rings. The molecule has 0 spiro atoms. The third kappa shape index (κ3) is 5.15. The molecule has 0 radical (unpaired) electrons. The van der Waals surface area contributed by atoms with Gasteiger partial charge in [0, 0.05) is 6.54 Å². The highest BCUT2D eigenvalue weighted by Gasteiger charge is 2.27. The zero-order chi connectivity index (χ0) is 11.1. The van der Waals surface area contributed by atoms with Crippen LogP contribution in [-0.2, 0) is 9.53 Å². The lowest BCUT2D eigenvalue weighted by Crippen LogP contribution is -2.35. The first-order valence-electron chi connectivity index (χ1n) is 5.73. The summed E-state index contributed by atoms with van der Waals surface area (Å²) in [6.07, 6.45) is 5.47. The minimum atomic E-state index is -0.190. The molecule has 0 aromatic carbocycles. The Morgan fingerprint density at radius 2 is 2.20 bits per heavy atom. The normalized spacial score (nSPS) is 25.5. The van der Waals surface area contributed by atoms with Gasteiger partial charge in [-0.1, -0.05) is 29.0 Å². The van der Waals surface area contributed by atoms with Crippen LogP contribution in [0.1, 0.15) is 39.0 Å². The molecule has 2 unspecified atom stereocenters. The van der Waals surface area contributed by atoms with E-state index in [2.05, 4.69) is 27.9 Å². The topological polar surface area (TPSA) is 38.3 Å². The van der Waals surface area contributed by atoms with E-state index >= 15 is 0 Å². The van der Waals surface area contributed by atoms with Crippen LogP contribution in [0.4, 0.5) is 0 Å². The van der Waals surface area contributed by atoms with Crippen LogP contribution in [0, 0.1) is 0 Å². The molecule has 1 rings (SSSR count). The van der Waals surface area contributed by atoms with Crippen molar-refractivity contribution in [3.63, 3.8) is 0 Å². The molecule has 1 fully saturated rings.